The first-order valence-electron chi connectivity index (χ1n) is 6.61. The third-order valence-corrected chi connectivity index (χ3v) is 3.50. The van der Waals surface area contributed by atoms with Crippen molar-refractivity contribution in [3.05, 3.63) is 71.2 Å². The molecule has 1 unspecified atom stereocenters. The Kier molecular flexibility index (Phi) is 3.28. The van der Waals surface area contributed by atoms with Gasteiger partial charge in [-0.15, -0.1) is 0 Å². The first-order valence-corrected chi connectivity index (χ1v) is 6.61. The van der Waals surface area contributed by atoms with Crippen LogP contribution in [0.2, 0.25) is 0 Å². The van der Waals surface area contributed by atoms with E-state index in [4.69, 9.17) is 4.42 Å². The van der Waals surface area contributed by atoms with Crippen LogP contribution in [0.25, 0.3) is 11.0 Å². The van der Waals surface area contributed by atoms with Crippen molar-refractivity contribution in [2.45, 2.75) is 13.0 Å². The molecule has 0 spiro atoms. The summed E-state index contributed by atoms with van der Waals surface area (Å²) >= 11 is 0. The lowest BCUT2D eigenvalue weighted by atomic mass is 10.0. The summed E-state index contributed by atoms with van der Waals surface area (Å²) in [4.78, 5) is 0. The maximum Gasteiger partial charge on any atom is 0.169 e. The highest BCUT2D eigenvalue weighted by atomic mass is 19.1. The Bertz CT molecular complexity index is 730. The molecule has 1 aromatic heterocycles. The molecule has 20 heavy (non-hydrogen) atoms. The molecular weight excluding hydrogens is 253 g/mol. The van der Waals surface area contributed by atoms with Crippen LogP contribution in [-0.4, -0.2) is 7.05 Å². The van der Waals surface area contributed by atoms with Crippen molar-refractivity contribution in [2.24, 2.45) is 0 Å². The molecule has 3 aromatic rings. The van der Waals surface area contributed by atoms with Crippen molar-refractivity contribution in [1.29, 1.82) is 0 Å². The topological polar surface area (TPSA) is 25.2 Å². The third kappa shape index (κ3) is 2.21. The molecule has 2 nitrogen and oxygen atoms in total. The van der Waals surface area contributed by atoms with E-state index in [1.54, 1.807) is 6.07 Å². The summed E-state index contributed by atoms with van der Waals surface area (Å²) in [6.07, 6.45) is 0. The van der Waals surface area contributed by atoms with Crippen molar-refractivity contribution >= 4 is 11.0 Å². The standard InChI is InChI=1S/C17H16FNO/c1-11-6-8-12(9-7-11)16(19-2)15-10-13-4-3-5-14(18)17(13)20-15/h3-10,16,19H,1-2H3. The number of hydrogen-bond donors (Lipinski definition) is 1. The molecular formula is C17H16FNO. The van der Waals surface area contributed by atoms with Crippen LogP contribution < -0.4 is 5.32 Å². The lowest BCUT2D eigenvalue weighted by Crippen LogP contribution is -2.16. The van der Waals surface area contributed by atoms with Crippen LogP contribution in [0.1, 0.15) is 22.9 Å². The number of furan rings is 1. The van der Waals surface area contributed by atoms with Crippen LogP contribution in [-0.2, 0) is 0 Å². The normalized spacial score (nSPS) is 12.8. The number of rotatable bonds is 3. The highest BCUT2D eigenvalue weighted by Crippen LogP contribution is 2.29. The third-order valence-electron chi connectivity index (χ3n) is 3.50. The zero-order valence-corrected chi connectivity index (χ0v) is 11.5. The Balaban J connectivity index is 2.07. The molecule has 1 N–H and O–H groups in total. The van der Waals surface area contributed by atoms with E-state index < -0.39 is 0 Å². The Morgan fingerprint density at radius 3 is 2.50 bits per heavy atom. The molecule has 0 aliphatic heterocycles. The van der Waals surface area contributed by atoms with Gasteiger partial charge in [0.2, 0.25) is 0 Å². The summed E-state index contributed by atoms with van der Waals surface area (Å²) < 4.78 is 19.4. The lowest BCUT2D eigenvalue weighted by molar-refractivity contribution is 0.476. The Morgan fingerprint density at radius 1 is 1.10 bits per heavy atom. The predicted molar refractivity (Wildman–Crippen MR) is 78.3 cm³/mol. The zero-order chi connectivity index (χ0) is 14.1. The second kappa shape index (κ2) is 5.10. The fourth-order valence-corrected chi connectivity index (χ4v) is 2.42. The minimum atomic E-state index is -0.326. The van der Waals surface area contributed by atoms with E-state index in [1.807, 2.05) is 19.2 Å². The van der Waals surface area contributed by atoms with Crippen LogP contribution in [0.15, 0.2) is 52.9 Å². The van der Waals surface area contributed by atoms with Gasteiger partial charge in [-0.05, 0) is 31.7 Å². The van der Waals surface area contributed by atoms with Gasteiger partial charge in [0.05, 0.1) is 6.04 Å². The van der Waals surface area contributed by atoms with Crippen molar-refractivity contribution in [1.82, 2.24) is 5.32 Å². The summed E-state index contributed by atoms with van der Waals surface area (Å²) in [5.74, 6) is 0.393. The van der Waals surface area contributed by atoms with Gasteiger partial charge in [0.1, 0.15) is 5.76 Å². The van der Waals surface area contributed by atoms with E-state index in [1.165, 1.54) is 11.6 Å². The first kappa shape index (κ1) is 12.9. The summed E-state index contributed by atoms with van der Waals surface area (Å²) in [5, 5.41) is 4.00. The van der Waals surface area contributed by atoms with E-state index >= 15 is 0 Å². The molecule has 0 aliphatic carbocycles. The highest BCUT2D eigenvalue weighted by molar-refractivity contribution is 5.78. The van der Waals surface area contributed by atoms with E-state index in [9.17, 15) is 4.39 Å². The minimum absolute atomic E-state index is 0.0811. The van der Waals surface area contributed by atoms with Crippen molar-refractivity contribution in [3.63, 3.8) is 0 Å². The smallest absolute Gasteiger partial charge is 0.169 e. The fourth-order valence-electron chi connectivity index (χ4n) is 2.42. The van der Waals surface area contributed by atoms with Crippen LogP contribution in [0.3, 0.4) is 0 Å². The summed E-state index contributed by atoms with van der Waals surface area (Å²) in [7, 11) is 1.87. The molecule has 0 radical (unpaired) electrons. The summed E-state index contributed by atoms with van der Waals surface area (Å²) in [6.45, 7) is 2.05. The molecule has 0 amide bonds. The predicted octanol–water partition coefficient (Wildman–Crippen LogP) is 4.19. The van der Waals surface area contributed by atoms with Crippen LogP contribution in [0.4, 0.5) is 4.39 Å². The van der Waals surface area contributed by atoms with E-state index in [0.29, 0.717) is 5.58 Å². The van der Waals surface area contributed by atoms with Gasteiger partial charge in [0, 0.05) is 5.39 Å². The van der Waals surface area contributed by atoms with Gasteiger partial charge >= 0.3 is 0 Å². The van der Waals surface area contributed by atoms with Crippen molar-refractivity contribution in [3.8, 4) is 0 Å². The van der Waals surface area contributed by atoms with Gasteiger partial charge in [-0.25, -0.2) is 4.39 Å². The molecule has 3 heteroatoms. The molecule has 0 aliphatic rings. The number of halogens is 1. The highest BCUT2D eigenvalue weighted by Gasteiger charge is 2.17. The maximum absolute atomic E-state index is 13.7. The van der Waals surface area contributed by atoms with Gasteiger partial charge in [-0.3, -0.25) is 0 Å². The van der Waals surface area contributed by atoms with Gasteiger partial charge < -0.3 is 9.73 Å². The number of para-hydroxylation sites is 1. The molecule has 0 fully saturated rings. The SMILES string of the molecule is CNC(c1ccc(C)cc1)c1cc2cccc(F)c2o1. The van der Waals surface area contributed by atoms with Crippen LogP contribution in [0.5, 0.6) is 0 Å². The summed E-state index contributed by atoms with van der Waals surface area (Å²) in [6, 6.07) is 15.0. The second-order valence-electron chi connectivity index (χ2n) is 4.94. The first-order chi connectivity index (χ1) is 9.69. The molecule has 0 saturated carbocycles. The van der Waals surface area contributed by atoms with Crippen LogP contribution >= 0.6 is 0 Å². The number of benzene rings is 2. The Hall–Kier alpha value is -2.13. The molecule has 2 aromatic carbocycles. The molecule has 0 saturated heterocycles. The Morgan fingerprint density at radius 2 is 1.85 bits per heavy atom. The average Bonchev–Trinajstić information content (AvgIpc) is 2.87. The van der Waals surface area contributed by atoms with Gasteiger partial charge in [-0.1, -0.05) is 42.0 Å². The van der Waals surface area contributed by atoms with Crippen molar-refractivity contribution < 1.29 is 8.81 Å². The summed E-state index contributed by atoms with van der Waals surface area (Å²) in [5.41, 5.74) is 2.62. The minimum Gasteiger partial charge on any atom is -0.456 e. The molecule has 1 atom stereocenters. The quantitative estimate of drug-likeness (QED) is 0.771. The van der Waals surface area contributed by atoms with Gasteiger partial charge in [0.25, 0.3) is 0 Å². The number of aryl methyl sites for hydroxylation is 1. The monoisotopic (exact) mass is 269 g/mol. The van der Waals surface area contributed by atoms with E-state index in [2.05, 4.69) is 36.5 Å². The van der Waals surface area contributed by atoms with Gasteiger partial charge in [-0.2, -0.15) is 0 Å². The van der Waals surface area contributed by atoms with Gasteiger partial charge in [0.15, 0.2) is 11.4 Å². The molecule has 0 bridgehead atoms. The fraction of sp³-hybridized carbons (Fsp3) is 0.176. The van der Waals surface area contributed by atoms with Crippen LogP contribution in [0, 0.1) is 12.7 Å². The number of nitrogens with one attached hydrogen (secondary N) is 1. The molecule has 102 valence electrons. The lowest BCUT2D eigenvalue weighted by Gasteiger charge is -2.14. The molecule has 3 rings (SSSR count). The maximum atomic E-state index is 13.7. The average molecular weight is 269 g/mol. The Labute approximate surface area is 117 Å². The molecule has 1 heterocycles. The van der Waals surface area contributed by atoms with E-state index in [-0.39, 0.29) is 11.9 Å². The zero-order valence-electron chi connectivity index (χ0n) is 11.5. The number of hydrogen-bond acceptors (Lipinski definition) is 2. The van der Waals surface area contributed by atoms with E-state index in [0.717, 1.165) is 16.7 Å². The number of fused-ring (bicyclic) bond motifs is 1. The van der Waals surface area contributed by atoms with Crippen molar-refractivity contribution in [2.75, 3.05) is 7.05 Å². The largest absolute Gasteiger partial charge is 0.456 e. The second-order valence-corrected chi connectivity index (χ2v) is 4.94.